The summed E-state index contributed by atoms with van der Waals surface area (Å²) < 4.78 is 10.4. The van der Waals surface area contributed by atoms with E-state index in [4.69, 9.17) is 9.47 Å². The number of methoxy groups -OCH3 is 2. The fourth-order valence-corrected chi connectivity index (χ4v) is 2.51. The minimum absolute atomic E-state index is 0.252. The highest BCUT2D eigenvalue weighted by molar-refractivity contribution is 7.98. The Kier molecular flexibility index (Phi) is 6.17. The number of carbonyl (C=O) groups is 1. The monoisotopic (exact) mass is 332 g/mol. The summed E-state index contributed by atoms with van der Waals surface area (Å²) in [5, 5.41) is 5.64. The molecule has 2 rings (SSSR count). The van der Waals surface area contributed by atoms with Gasteiger partial charge in [0.15, 0.2) is 11.5 Å². The normalized spacial score (nSPS) is 10.0. The lowest BCUT2D eigenvalue weighted by Crippen LogP contribution is -2.28. The van der Waals surface area contributed by atoms with Crippen LogP contribution < -0.4 is 20.1 Å². The average Bonchev–Trinajstić information content (AvgIpc) is 2.59. The van der Waals surface area contributed by atoms with Crippen molar-refractivity contribution in [2.45, 2.75) is 11.4 Å². The molecule has 2 amide bonds. The van der Waals surface area contributed by atoms with Crippen molar-refractivity contribution in [1.82, 2.24) is 5.32 Å². The van der Waals surface area contributed by atoms with Crippen molar-refractivity contribution in [3.8, 4) is 11.5 Å². The maximum Gasteiger partial charge on any atom is 0.319 e. The van der Waals surface area contributed by atoms with Crippen LogP contribution in [0.25, 0.3) is 0 Å². The molecule has 0 unspecified atom stereocenters. The van der Waals surface area contributed by atoms with E-state index in [2.05, 4.69) is 10.6 Å². The average molecular weight is 332 g/mol. The first-order valence-corrected chi connectivity index (χ1v) is 8.28. The van der Waals surface area contributed by atoms with Crippen LogP contribution in [0.3, 0.4) is 0 Å². The Hall–Kier alpha value is -2.34. The van der Waals surface area contributed by atoms with Crippen LogP contribution in [0.4, 0.5) is 10.5 Å². The second kappa shape index (κ2) is 8.33. The quantitative estimate of drug-likeness (QED) is 0.791. The maximum atomic E-state index is 12.0. The van der Waals surface area contributed by atoms with Crippen LogP contribution in [0, 0.1) is 0 Å². The molecule has 0 heterocycles. The standard InChI is InChI=1S/C17H20N2O3S/c1-21-15-8-7-12(9-16(15)22-2)11-18-17(20)19-13-5-4-6-14(10-13)23-3/h4-10H,11H2,1-3H3,(H2,18,19,20). The van der Waals surface area contributed by atoms with Gasteiger partial charge in [0, 0.05) is 17.1 Å². The Morgan fingerprint density at radius 3 is 2.57 bits per heavy atom. The van der Waals surface area contributed by atoms with Crippen molar-refractivity contribution in [3.05, 3.63) is 48.0 Å². The number of hydrogen-bond donors (Lipinski definition) is 2. The Bertz CT molecular complexity index is 677. The van der Waals surface area contributed by atoms with Crippen molar-refractivity contribution >= 4 is 23.5 Å². The minimum atomic E-state index is -0.252. The van der Waals surface area contributed by atoms with Gasteiger partial charge in [-0.1, -0.05) is 12.1 Å². The fourth-order valence-electron chi connectivity index (χ4n) is 2.05. The number of rotatable bonds is 6. The zero-order chi connectivity index (χ0) is 16.7. The van der Waals surface area contributed by atoms with Crippen molar-refractivity contribution in [3.63, 3.8) is 0 Å². The predicted molar refractivity (Wildman–Crippen MR) is 93.6 cm³/mol. The molecule has 6 heteroatoms. The molecule has 2 N–H and O–H groups in total. The Balaban J connectivity index is 1.93. The molecule has 0 saturated heterocycles. The van der Waals surface area contributed by atoms with E-state index in [1.165, 1.54) is 0 Å². The van der Waals surface area contributed by atoms with Crippen LogP contribution in [-0.4, -0.2) is 26.5 Å². The van der Waals surface area contributed by atoms with Gasteiger partial charge in [-0.3, -0.25) is 0 Å². The number of benzene rings is 2. The lowest BCUT2D eigenvalue weighted by Gasteiger charge is -2.11. The largest absolute Gasteiger partial charge is 0.493 e. The van der Waals surface area contributed by atoms with Gasteiger partial charge >= 0.3 is 6.03 Å². The highest BCUT2D eigenvalue weighted by Gasteiger charge is 2.06. The van der Waals surface area contributed by atoms with E-state index >= 15 is 0 Å². The molecule has 0 atom stereocenters. The predicted octanol–water partition coefficient (Wildman–Crippen LogP) is 3.75. The lowest BCUT2D eigenvalue weighted by molar-refractivity contribution is 0.251. The summed E-state index contributed by atoms with van der Waals surface area (Å²) in [6.45, 7) is 0.397. The molecule has 0 aromatic heterocycles. The van der Waals surface area contributed by atoms with E-state index in [0.717, 1.165) is 16.1 Å². The molecule has 2 aromatic carbocycles. The van der Waals surface area contributed by atoms with Crippen molar-refractivity contribution in [1.29, 1.82) is 0 Å². The topological polar surface area (TPSA) is 59.6 Å². The van der Waals surface area contributed by atoms with Gasteiger partial charge in [0.05, 0.1) is 14.2 Å². The van der Waals surface area contributed by atoms with Gasteiger partial charge in [-0.25, -0.2) is 4.79 Å². The zero-order valence-corrected chi connectivity index (χ0v) is 14.2. The van der Waals surface area contributed by atoms with Gasteiger partial charge in [0.25, 0.3) is 0 Å². The molecule has 0 saturated carbocycles. The number of thioether (sulfide) groups is 1. The molecule has 0 aliphatic rings. The summed E-state index contributed by atoms with van der Waals surface area (Å²) in [6.07, 6.45) is 2.00. The first-order valence-electron chi connectivity index (χ1n) is 7.06. The second-order valence-corrected chi connectivity index (χ2v) is 5.61. The molecule has 2 aromatic rings. The smallest absolute Gasteiger partial charge is 0.319 e. The molecule has 0 spiro atoms. The molecule has 23 heavy (non-hydrogen) atoms. The highest BCUT2D eigenvalue weighted by atomic mass is 32.2. The molecule has 0 radical (unpaired) electrons. The number of amides is 2. The molecule has 5 nitrogen and oxygen atoms in total. The zero-order valence-electron chi connectivity index (χ0n) is 13.4. The van der Waals surface area contributed by atoms with E-state index in [-0.39, 0.29) is 6.03 Å². The van der Waals surface area contributed by atoms with Gasteiger partial charge in [0.1, 0.15) is 0 Å². The van der Waals surface area contributed by atoms with Crippen LogP contribution >= 0.6 is 11.8 Å². The summed E-state index contributed by atoms with van der Waals surface area (Å²) in [6, 6.07) is 13.0. The van der Waals surface area contributed by atoms with E-state index in [9.17, 15) is 4.79 Å². The van der Waals surface area contributed by atoms with Crippen molar-refractivity contribution < 1.29 is 14.3 Å². The van der Waals surface area contributed by atoms with Crippen LogP contribution in [0.2, 0.25) is 0 Å². The SMILES string of the molecule is COc1ccc(CNC(=O)Nc2cccc(SC)c2)cc1OC. The molecule has 0 aliphatic carbocycles. The third kappa shape index (κ3) is 4.82. The highest BCUT2D eigenvalue weighted by Crippen LogP contribution is 2.27. The summed E-state index contributed by atoms with van der Waals surface area (Å²) in [5.74, 6) is 1.30. The molecule has 0 aliphatic heterocycles. The minimum Gasteiger partial charge on any atom is -0.493 e. The molecular formula is C17H20N2O3S. The van der Waals surface area contributed by atoms with Crippen LogP contribution in [0.5, 0.6) is 11.5 Å². The lowest BCUT2D eigenvalue weighted by atomic mass is 10.2. The third-order valence-corrected chi connectivity index (χ3v) is 3.95. The molecule has 0 bridgehead atoms. The van der Waals surface area contributed by atoms with Gasteiger partial charge in [-0.2, -0.15) is 0 Å². The van der Waals surface area contributed by atoms with E-state index in [0.29, 0.717) is 18.0 Å². The molecule has 122 valence electrons. The summed E-state index contributed by atoms with van der Waals surface area (Å²) >= 11 is 1.63. The summed E-state index contributed by atoms with van der Waals surface area (Å²) in [5.41, 5.74) is 1.69. The fraction of sp³-hybridized carbons (Fsp3) is 0.235. The Morgan fingerprint density at radius 2 is 1.87 bits per heavy atom. The number of anilines is 1. The Labute approximate surface area is 140 Å². The van der Waals surface area contributed by atoms with Gasteiger partial charge in [-0.05, 0) is 42.2 Å². The number of carbonyl (C=O) groups excluding carboxylic acids is 1. The third-order valence-electron chi connectivity index (χ3n) is 3.23. The van der Waals surface area contributed by atoms with E-state index in [1.807, 2.05) is 48.7 Å². The first-order chi connectivity index (χ1) is 11.2. The Morgan fingerprint density at radius 1 is 1.09 bits per heavy atom. The van der Waals surface area contributed by atoms with Crippen molar-refractivity contribution in [2.75, 3.05) is 25.8 Å². The maximum absolute atomic E-state index is 12.0. The first kappa shape index (κ1) is 17.0. The summed E-state index contributed by atoms with van der Waals surface area (Å²) in [4.78, 5) is 13.1. The van der Waals surface area contributed by atoms with E-state index in [1.54, 1.807) is 26.0 Å². The van der Waals surface area contributed by atoms with Crippen LogP contribution in [0.15, 0.2) is 47.4 Å². The van der Waals surface area contributed by atoms with Crippen LogP contribution in [-0.2, 0) is 6.54 Å². The number of nitrogens with one attached hydrogen (secondary N) is 2. The van der Waals surface area contributed by atoms with Gasteiger partial charge < -0.3 is 20.1 Å². The summed E-state index contributed by atoms with van der Waals surface area (Å²) in [7, 11) is 3.17. The molecular weight excluding hydrogens is 312 g/mol. The number of hydrogen-bond acceptors (Lipinski definition) is 4. The van der Waals surface area contributed by atoms with E-state index < -0.39 is 0 Å². The van der Waals surface area contributed by atoms with Gasteiger partial charge in [0.2, 0.25) is 0 Å². The number of urea groups is 1. The van der Waals surface area contributed by atoms with Crippen molar-refractivity contribution in [2.24, 2.45) is 0 Å². The molecule has 0 fully saturated rings. The number of ether oxygens (including phenoxy) is 2. The van der Waals surface area contributed by atoms with Gasteiger partial charge in [-0.15, -0.1) is 11.8 Å². The second-order valence-electron chi connectivity index (χ2n) is 4.73. The van der Waals surface area contributed by atoms with Crippen LogP contribution in [0.1, 0.15) is 5.56 Å².